The number of hydrogen-bond donors (Lipinski definition) is 7. The summed E-state index contributed by atoms with van der Waals surface area (Å²) in [4.78, 5) is 53.4. The Morgan fingerprint density at radius 2 is 0.835 bits per heavy atom. The summed E-state index contributed by atoms with van der Waals surface area (Å²) in [7, 11) is 1.64. The van der Waals surface area contributed by atoms with E-state index >= 15 is 0 Å². The molecule has 20 rings (SSSR count). The number of nitrogen functional groups attached to an aromatic ring is 1. The summed E-state index contributed by atoms with van der Waals surface area (Å²) in [5.74, 6) is 7.26. The van der Waals surface area contributed by atoms with Gasteiger partial charge in [-0.05, 0) is 222 Å². The van der Waals surface area contributed by atoms with Crippen LogP contribution in [0.3, 0.4) is 0 Å². The van der Waals surface area contributed by atoms with E-state index in [0.717, 1.165) is 138 Å². The third-order valence-corrected chi connectivity index (χ3v) is 21.2. The molecule has 0 aliphatic carbocycles. The smallest absolute Gasteiger partial charge is 0.417 e. The van der Waals surface area contributed by atoms with Gasteiger partial charge in [0, 0.05) is 40.8 Å². The second kappa shape index (κ2) is 40.9. The quantitative estimate of drug-likeness (QED) is 0.0349. The molecule has 0 saturated carbocycles. The minimum absolute atomic E-state index is 0.0966. The van der Waals surface area contributed by atoms with Gasteiger partial charge >= 0.3 is 25.1 Å². The lowest BCUT2D eigenvalue weighted by molar-refractivity contribution is -0.139. The fraction of sp³-hybridized carbons (Fsp3) is 0.121. The van der Waals surface area contributed by atoms with Crippen LogP contribution in [-0.4, -0.2) is 112 Å². The van der Waals surface area contributed by atoms with Gasteiger partial charge in [-0.25, -0.2) is 48.9 Å². The Balaban J connectivity index is 0.000000126. The summed E-state index contributed by atoms with van der Waals surface area (Å²) in [6.45, 7) is 6.02. The molecule has 0 amide bonds. The normalized spacial score (nSPS) is 11.4. The highest BCUT2D eigenvalue weighted by molar-refractivity contribution is 5.84. The molecule has 8 N–H and O–H groups in total. The number of nitrogens with two attached hydrogens (primary N) is 1. The van der Waals surface area contributed by atoms with Gasteiger partial charge in [-0.2, -0.15) is 63.8 Å². The predicted molar refractivity (Wildman–Crippen MR) is 505 cm³/mol. The maximum atomic E-state index is 13.0. The number of benzene rings is 8. The Hall–Kier alpha value is -17.9. The molecule has 8 aromatic carbocycles. The van der Waals surface area contributed by atoms with Crippen LogP contribution in [0.15, 0.2) is 292 Å². The number of rotatable bonds is 20. The number of aliphatic hydroxyl groups excluding tert-OH is 1. The third kappa shape index (κ3) is 22.0. The van der Waals surface area contributed by atoms with Gasteiger partial charge in [-0.1, -0.05) is 55.5 Å². The number of aliphatic hydroxyl groups is 1. The molecule has 139 heavy (non-hydrogen) atoms. The fourth-order valence-electron chi connectivity index (χ4n) is 15.0. The van der Waals surface area contributed by atoms with Gasteiger partial charge in [-0.15, -0.1) is 0 Å². The van der Waals surface area contributed by atoms with Crippen molar-refractivity contribution in [3.05, 3.63) is 349 Å². The molecule has 40 heteroatoms. The monoisotopic (exact) mass is 1890 g/mol. The molecule has 0 saturated heterocycles. The molecule has 12 aromatic heterocycles. The summed E-state index contributed by atoms with van der Waals surface area (Å²) < 4.78 is 159. The Morgan fingerprint density at radius 1 is 0.417 bits per heavy atom. The van der Waals surface area contributed by atoms with E-state index in [-0.39, 0.29) is 11.3 Å². The highest BCUT2D eigenvalue weighted by Crippen LogP contribution is 2.39. The molecule has 0 fully saturated rings. The van der Waals surface area contributed by atoms with Crippen LogP contribution >= 0.6 is 0 Å². The Bertz CT molecular complexity index is 7830. The number of halogens is 11. The van der Waals surface area contributed by atoms with Crippen molar-refractivity contribution < 1.29 is 62.9 Å². The first-order valence-electron chi connectivity index (χ1n) is 42.4. The summed E-state index contributed by atoms with van der Waals surface area (Å²) in [6.07, 6.45) is 3.55. The van der Waals surface area contributed by atoms with E-state index in [0.29, 0.717) is 80.5 Å². The van der Waals surface area contributed by atoms with Crippen LogP contribution in [0, 0.1) is 39.0 Å². The van der Waals surface area contributed by atoms with Gasteiger partial charge in [0.05, 0.1) is 175 Å². The lowest BCUT2D eigenvalue weighted by Crippen LogP contribution is -2.10. The van der Waals surface area contributed by atoms with Gasteiger partial charge < -0.3 is 46.9 Å². The minimum Gasteiger partial charge on any atom is -0.497 e. The molecule has 0 bridgehead atoms. The van der Waals surface area contributed by atoms with Gasteiger partial charge in [0.2, 0.25) is 0 Å². The van der Waals surface area contributed by atoms with Gasteiger partial charge in [0.25, 0.3) is 0 Å². The van der Waals surface area contributed by atoms with E-state index in [1.54, 1.807) is 60.8 Å². The molecule has 0 spiro atoms. The van der Waals surface area contributed by atoms with Gasteiger partial charge in [-0.3, -0.25) is 33.6 Å². The van der Waals surface area contributed by atoms with Crippen LogP contribution in [0.4, 0.5) is 112 Å². The van der Waals surface area contributed by atoms with E-state index < -0.39 is 54.0 Å². The highest BCUT2D eigenvalue weighted by atomic mass is 19.4. The average Bonchev–Trinajstić information content (AvgIpc) is 1.63. The number of anilines is 11. The number of fused-ring (bicyclic) bond motifs is 5. The first kappa shape index (κ1) is 94.3. The van der Waals surface area contributed by atoms with Crippen molar-refractivity contribution in [1.82, 2.24) is 92.7 Å². The lowest BCUT2D eigenvalue weighted by atomic mass is 10.1. The number of para-hydroxylation sites is 6. The summed E-state index contributed by atoms with van der Waals surface area (Å²) in [5.41, 5.74) is 18.2. The Labute approximate surface area is 783 Å². The van der Waals surface area contributed by atoms with Crippen LogP contribution in [0.2, 0.25) is 0 Å². The van der Waals surface area contributed by atoms with E-state index in [1.165, 1.54) is 61.1 Å². The standard InChI is InChI=1S/C20H13F3N6.C20H16F3N5O.C20H17F2N5O.C20H19N5O.C19H14F3N5/c1-12-26-16-4-2-3-5-17(16)29(12)19-11-25-10-18(28-19)27-14-6-7-15(20(21,22)23)13(8-14)9-24;1-12-25-16-4-2-3-5-17(16)28(12)19-10-24-9-18(27-19)26-14-6-7-15(20(21,22)23)13(8-14)11-29;1-2-15-19(17-5-3-4-10-27(17)26-15)16-11-23-12-18(25-16)24-13-6-8-14(9-7-13)28-20(21)22;1-13-22-17-5-3-4-6-18(17)25(13)19-12-11-16(21)20(24-19)23-14-7-9-15(26-2)10-8-14;1-12-18(16-4-2-3-9-27(16)26-12)15-10-23-11-17(25-15)24-14-7-5-13(6-8-14)19(20,21)22/h2-8,10-11H,1H3,(H,27,28);2-10,29H,11H2,1H3,(H,26,27);3-12,20H,2H2,1H3,(H,24,25);3-12H,21H2,1-2H3,(H,23,24);2-11H,1H3,(H,24,25). The molecule has 12 heterocycles. The van der Waals surface area contributed by atoms with Crippen LogP contribution in [0.1, 0.15) is 63.6 Å². The number of ether oxygens (including phenoxy) is 2. The first-order valence-corrected chi connectivity index (χ1v) is 42.4. The number of methoxy groups -OCH3 is 1. The first-order chi connectivity index (χ1) is 66.9. The molecule has 0 unspecified atom stereocenters. The minimum atomic E-state index is -4.59. The topological polar surface area (TPSA) is 353 Å². The number of nitrogens with zero attached hydrogens (tertiary/aromatic N) is 20. The Kier molecular flexibility index (Phi) is 27.7. The van der Waals surface area contributed by atoms with Crippen LogP contribution < -0.4 is 41.8 Å². The zero-order valence-corrected chi connectivity index (χ0v) is 74.1. The summed E-state index contributed by atoms with van der Waals surface area (Å²) in [6, 6.07) is 65.4. The van der Waals surface area contributed by atoms with Crippen LogP contribution in [-0.2, 0) is 31.6 Å². The largest absolute Gasteiger partial charge is 0.497 e. The third-order valence-electron chi connectivity index (χ3n) is 21.2. The van der Waals surface area contributed by atoms with E-state index in [4.69, 9.17) is 20.7 Å². The van der Waals surface area contributed by atoms with Crippen molar-refractivity contribution in [2.75, 3.05) is 39.4 Å². The number of aromatic nitrogens is 19. The summed E-state index contributed by atoms with van der Waals surface area (Å²) >= 11 is 0. The van der Waals surface area contributed by atoms with E-state index in [1.807, 2.05) is 211 Å². The number of nitrogens with one attached hydrogen (secondary N) is 5. The maximum absolute atomic E-state index is 13.0. The molecular formula is C99H79F11N26O3. The second-order valence-electron chi connectivity index (χ2n) is 30.6. The number of aryl methyl sites for hydroxylation is 5. The molecule has 20 aromatic rings. The summed E-state index contributed by atoms with van der Waals surface area (Å²) in [5, 5.41) is 42.7. The zero-order chi connectivity index (χ0) is 97.8. The molecular weight excluding hydrogens is 1810 g/mol. The van der Waals surface area contributed by atoms with Crippen molar-refractivity contribution >= 4 is 107 Å². The Morgan fingerprint density at radius 3 is 1.32 bits per heavy atom. The molecule has 0 atom stereocenters. The zero-order valence-electron chi connectivity index (χ0n) is 74.1. The van der Waals surface area contributed by atoms with Crippen LogP contribution in [0.5, 0.6) is 11.5 Å². The molecule has 0 aliphatic heterocycles. The average molecular weight is 1890 g/mol. The second-order valence-corrected chi connectivity index (χ2v) is 30.6. The van der Waals surface area contributed by atoms with Crippen molar-refractivity contribution in [3.8, 4) is 57.5 Å². The number of imidazole rings is 3. The van der Waals surface area contributed by atoms with Gasteiger partial charge in [0.1, 0.15) is 46.4 Å². The fourth-order valence-corrected chi connectivity index (χ4v) is 15.0. The van der Waals surface area contributed by atoms with Crippen molar-refractivity contribution in [2.24, 2.45) is 0 Å². The molecule has 29 nitrogen and oxygen atoms in total. The lowest BCUT2D eigenvalue weighted by Gasteiger charge is -2.14. The molecule has 0 radical (unpaired) electrons. The van der Waals surface area contributed by atoms with Crippen LogP contribution in [0.25, 0.3) is 84.1 Å². The van der Waals surface area contributed by atoms with Crippen molar-refractivity contribution in [1.29, 1.82) is 5.26 Å². The van der Waals surface area contributed by atoms with Gasteiger partial charge in [0.15, 0.2) is 29.1 Å². The highest BCUT2D eigenvalue weighted by Gasteiger charge is 2.35. The predicted octanol–water partition coefficient (Wildman–Crippen LogP) is 22.8. The maximum Gasteiger partial charge on any atom is 0.417 e. The molecule has 0 aliphatic rings. The van der Waals surface area contributed by atoms with E-state index in [9.17, 15) is 53.4 Å². The SMILES string of the molecule is CCc1nn2ccccc2c1-c1cncc(Nc2ccc(OC(F)F)cc2)n1.COc1ccc(Nc2nc(-n3c(C)nc4ccccc43)ccc2N)cc1.Cc1nc2ccccc2n1-c1cncc(Nc2ccc(C(F)(F)F)c(C#N)c2)n1.Cc1nc2ccccc2n1-c1cncc(Nc2ccc(C(F)(F)F)c(CO)c2)n1.Cc1nn2ccccc2c1-c1cncc(Nc2ccc(C(F)(F)F)cc2)n1. The molecule has 700 valence electrons. The number of hydrogen-bond acceptors (Lipinski definition) is 24. The van der Waals surface area contributed by atoms with E-state index in [2.05, 4.69) is 96.3 Å². The number of alkyl halides is 11. The number of pyridine rings is 3. The van der Waals surface area contributed by atoms with Crippen molar-refractivity contribution in [3.63, 3.8) is 0 Å². The number of nitriles is 1. The van der Waals surface area contributed by atoms with Crippen molar-refractivity contribution in [2.45, 2.75) is 72.8 Å².